The normalized spacial score (nSPS) is 23.2. The topological polar surface area (TPSA) is 26.3 Å². The van der Waals surface area contributed by atoms with Crippen LogP contribution in [0.2, 0.25) is 0 Å². The quantitative estimate of drug-likeness (QED) is 0.243. The van der Waals surface area contributed by atoms with Gasteiger partial charge in [0, 0.05) is 12.5 Å². The molecule has 0 aromatic rings. The molecule has 134 valence electrons. The molecular weight excluding hydrogens is 296 g/mol. The highest BCUT2D eigenvalue weighted by molar-refractivity contribution is 5.65. The maximum atomic E-state index is 10.6. The lowest BCUT2D eigenvalue weighted by atomic mass is 9.68. The summed E-state index contributed by atoms with van der Waals surface area (Å²) in [5.41, 5.74) is 4.05. The number of ether oxygens (including phenoxy) is 1. The van der Waals surface area contributed by atoms with Crippen LogP contribution < -0.4 is 0 Å². The molecule has 2 atom stereocenters. The van der Waals surface area contributed by atoms with Crippen molar-refractivity contribution in [3.05, 3.63) is 47.1 Å². The second kappa shape index (κ2) is 9.78. The Hall–Kier alpha value is -1.41. The first-order chi connectivity index (χ1) is 11.3. The summed E-state index contributed by atoms with van der Waals surface area (Å²) in [7, 11) is 0. The zero-order valence-electron chi connectivity index (χ0n) is 16.3. The Bertz CT molecular complexity index is 532. The van der Waals surface area contributed by atoms with Gasteiger partial charge in [-0.2, -0.15) is 0 Å². The van der Waals surface area contributed by atoms with E-state index in [1.54, 1.807) is 6.08 Å². The fourth-order valence-electron chi connectivity index (χ4n) is 3.46. The molecule has 0 spiro atoms. The first kappa shape index (κ1) is 20.6. The smallest absolute Gasteiger partial charge is 0.142 e. The molecule has 1 rings (SSSR count). The van der Waals surface area contributed by atoms with Crippen LogP contribution in [0.3, 0.4) is 0 Å². The maximum Gasteiger partial charge on any atom is 0.142 e. The molecule has 0 fully saturated rings. The van der Waals surface area contributed by atoms with Gasteiger partial charge in [-0.1, -0.05) is 54.9 Å². The molecule has 1 aliphatic rings. The summed E-state index contributed by atoms with van der Waals surface area (Å²) >= 11 is 0. The van der Waals surface area contributed by atoms with Crippen LogP contribution in [0.4, 0.5) is 0 Å². The summed E-state index contributed by atoms with van der Waals surface area (Å²) in [5, 5.41) is 0. The van der Waals surface area contributed by atoms with Crippen molar-refractivity contribution in [1.82, 2.24) is 0 Å². The average molecular weight is 331 g/mol. The van der Waals surface area contributed by atoms with Gasteiger partial charge in [0.25, 0.3) is 0 Å². The summed E-state index contributed by atoms with van der Waals surface area (Å²) in [4.78, 5) is 10.6. The molecule has 2 unspecified atom stereocenters. The number of hydrogen-bond donors (Lipinski definition) is 0. The van der Waals surface area contributed by atoms with Gasteiger partial charge in [0.1, 0.15) is 6.29 Å². The van der Waals surface area contributed by atoms with Gasteiger partial charge < -0.3 is 4.74 Å². The minimum atomic E-state index is 0.0202. The minimum Gasteiger partial charge on any atom is -0.374 e. The predicted octanol–water partition coefficient (Wildman–Crippen LogP) is 5.81. The lowest BCUT2D eigenvalue weighted by molar-refractivity contribution is -0.104. The van der Waals surface area contributed by atoms with Crippen molar-refractivity contribution in [3.8, 4) is 0 Å². The second-order valence-electron chi connectivity index (χ2n) is 7.57. The second-order valence-corrected chi connectivity index (χ2v) is 7.57. The monoisotopic (exact) mass is 330 g/mol. The Morgan fingerprint density at radius 1 is 1.42 bits per heavy atom. The first-order valence-corrected chi connectivity index (χ1v) is 9.06. The third kappa shape index (κ3) is 6.60. The highest BCUT2D eigenvalue weighted by Gasteiger charge is 2.30. The Labute approximate surface area is 148 Å². The van der Waals surface area contributed by atoms with E-state index in [-0.39, 0.29) is 6.10 Å². The summed E-state index contributed by atoms with van der Waals surface area (Å²) in [6, 6.07) is 0. The fourth-order valence-corrected chi connectivity index (χ4v) is 3.46. The molecule has 0 saturated carbocycles. The van der Waals surface area contributed by atoms with Gasteiger partial charge in [0.05, 0.1) is 6.10 Å². The zero-order valence-corrected chi connectivity index (χ0v) is 16.3. The Balaban J connectivity index is 2.85. The Morgan fingerprint density at radius 3 is 2.71 bits per heavy atom. The van der Waals surface area contributed by atoms with Gasteiger partial charge in [-0.15, -0.1) is 0 Å². The largest absolute Gasteiger partial charge is 0.374 e. The van der Waals surface area contributed by atoms with Crippen LogP contribution in [0.5, 0.6) is 0 Å². The van der Waals surface area contributed by atoms with Crippen molar-refractivity contribution in [1.29, 1.82) is 0 Å². The molecule has 24 heavy (non-hydrogen) atoms. The first-order valence-electron chi connectivity index (χ1n) is 9.06. The maximum absolute atomic E-state index is 10.6. The van der Waals surface area contributed by atoms with E-state index < -0.39 is 0 Å². The molecule has 1 aliphatic carbocycles. The Kier molecular flexibility index (Phi) is 8.41. The van der Waals surface area contributed by atoms with Gasteiger partial charge in [-0.05, 0) is 58.4 Å². The van der Waals surface area contributed by atoms with Crippen molar-refractivity contribution >= 4 is 6.29 Å². The lowest BCUT2D eigenvalue weighted by Gasteiger charge is -2.36. The minimum absolute atomic E-state index is 0.0202. The molecule has 0 amide bonds. The molecular formula is C22H34O2. The highest BCUT2D eigenvalue weighted by atomic mass is 16.5. The van der Waals surface area contributed by atoms with Gasteiger partial charge in [0.2, 0.25) is 0 Å². The molecule has 0 aromatic heterocycles. The third-order valence-electron chi connectivity index (χ3n) is 4.84. The molecule has 2 nitrogen and oxygen atoms in total. The van der Waals surface area contributed by atoms with Crippen LogP contribution in [-0.2, 0) is 9.53 Å². The molecule has 0 bridgehead atoms. The van der Waals surface area contributed by atoms with E-state index >= 15 is 0 Å². The van der Waals surface area contributed by atoms with E-state index in [1.807, 2.05) is 13.8 Å². The van der Waals surface area contributed by atoms with Crippen molar-refractivity contribution in [2.75, 3.05) is 6.61 Å². The van der Waals surface area contributed by atoms with E-state index in [1.165, 1.54) is 24.0 Å². The summed E-state index contributed by atoms with van der Waals surface area (Å²) in [6.07, 6.45) is 14.8. The van der Waals surface area contributed by atoms with Crippen molar-refractivity contribution in [2.24, 2.45) is 11.3 Å². The van der Waals surface area contributed by atoms with Gasteiger partial charge in [0.15, 0.2) is 0 Å². The number of carbonyl (C=O) groups excluding carboxylic acids is 1. The van der Waals surface area contributed by atoms with Gasteiger partial charge in [-0.3, -0.25) is 4.79 Å². The lowest BCUT2D eigenvalue weighted by Crippen LogP contribution is -2.26. The zero-order chi connectivity index (χ0) is 18.2. The van der Waals surface area contributed by atoms with Crippen LogP contribution in [0.1, 0.15) is 60.8 Å². The standard InChI is InChI=1S/C22H34O2/c1-7-24-20(16-18(3)12-14-23)15-17(2)10-11-21-19(4)9-8-13-22(21,5)6/h9-12,14-15,20-21H,7-8,13,16H2,1-6H3/b11-10?,17-15?,18-12-. The van der Waals surface area contributed by atoms with E-state index in [2.05, 4.69) is 52.0 Å². The number of allylic oxidation sites excluding steroid dienone is 6. The molecule has 0 radical (unpaired) electrons. The van der Waals surface area contributed by atoms with Crippen molar-refractivity contribution in [2.45, 2.75) is 66.9 Å². The van der Waals surface area contributed by atoms with E-state index in [4.69, 9.17) is 4.74 Å². The highest BCUT2D eigenvalue weighted by Crippen LogP contribution is 2.41. The summed E-state index contributed by atoms with van der Waals surface area (Å²) in [5.74, 6) is 0.497. The molecule has 0 N–H and O–H groups in total. The molecule has 0 aromatic carbocycles. The average Bonchev–Trinajstić information content (AvgIpc) is 2.46. The predicted molar refractivity (Wildman–Crippen MR) is 103 cm³/mol. The van der Waals surface area contributed by atoms with Gasteiger partial charge >= 0.3 is 0 Å². The number of rotatable bonds is 8. The van der Waals surface area contributed by atoms with Crippen LogP contribution in [0.15, 0.2) is 47.1 Å². The van der Waals surface area contributed by atoms with Crippen LogP contribution in [-0.4, -0.2) is 19.0 Å². The molecule has 0 heterocycles. The SMILES string of the molecule is CCOC(C=C(C)C=CC1C(C)=CCCC1(C)C)C/C(C)=C\C=O. The third-order valence-corrected chi connectivity index (χ3v) is 4.84. The summed E-state index contributed by atoms with van der Waals surface area (Å²) < 4.78 is 5.81. The van der Waals surface area contributed by atoms with E-state index in [0.29, 0.717) is 17.9 Å². The Morgan fingerprint density at radius 2 is 2.12 bits per heavy atom. The van der Waals surface area contributed by atoms with Crippen molar-refractivity contribution in [3.63, 3.8) is 0 Å². The number of carbonyl (C=O) groups is 1. The molecule has 2 heteroatoms. The van der Waals surface area contributed by atoms with Crippen LogP contribution >= 0.6 is 0 Å². The summed E-state index contributed by atoms with van der Waals surface area (Å²) in [6.45, 7) is 13.7. The fraction of sp³-hybridized carbons (Fsp3) is 0.591. The number of aldehydes is 1. The van der Waals surface area contributed by atoms with E-state index in [9.17, 15) is 4.79 Å². The van der Waals surface area contributed by atoms with Gasteiger partial charge in [-0.25, -0.2) is 0 Å². The van der Waals surface area contributed by atoms with Crippen LogP contribution in [0, 0.1) is 11.3 Å². The van der Waals surface area contributed by atoms with Crippen molar-refractivity contribution < 1.29 is 9.53 Å². The van der Waals surface area contributed by atoms with E-state index in [0.717, 1.165) is 18.3 Å². The van der Waals surface area contributed by atoms with Crippen LogP contribution in [0.25, 0.3) is 0 Å². The number of hydrogen-bond acceptors (Lipinski definition) is 2. The molecule has 0 aliphatic heterocycles. The molecule has 0 saturated heterocycles.